The molecule has 1 aromatic carbocycles. The second kappa shape index (κ2) is 7.50. The zero-order valence-corrected chi connectivity index (χ0v) is 13.2. The minimum Gasteiger partial charge on any atom is -0.481 e. The van der Waals surface area contributed by atoms with Gasteiger partial charge in [-0.1, -0.05) is 15.9 Å². The van der Waals surface area contributed by atoms with E-state index in [1.807, 2.05) is 32.0 Å². The van der Waals surface area contributed by atoms with E-state index in [2.05, 4.69) is 15.9 Å². The van der Waals surface area contributed by atoms with Gasteiger partial charge in [-0.15, -0.1) is 0 Å². The molecule has 5 heteroatoms. The van der Waals surface area contributed by atoms with Crippen LogP contribution in [0.25, 0.3) is 0 Å². The molecule has 0 aliphatic carbocycles. The number of hydrogen-bond acceptors (Lipinski definition) is 3. The quantitative estimate of drug-likeness (QED) is 0.873. The molecule has 0 spiro atoms. The van der Waals surface area contributed by atoms with Crippen molar-refractivity contribution in [2.75, 3.05) is 13.1 Å². The fourth-order valence-electron chi connectivity index (χ4n) is 1.83. The minimum absolute atomic E-state index is 0.00205. The summed E-state index contributed by atoms with van der Waals surface area (Å²) in [4.78, 5) is 13.9. The van der Waals surface area contributed by atoms with Crippen LogP contribution in [0.15, 0.2) is 22.7 Å². The van der Waals surface area contributed by atoms with Gasteiger partial charge < -0.3 is 15.4 Å². The highest BCUT2D eigenvalue weighted by Gasteiger charge is 2.19. The second-order valence-corrected chi connectivity index (χ2v) is 5.08. The van der Waals surface area contributed by atoms with Gasteiger partial charge in [0.1, 0.15) is 5.75 Å². The lowest BCUT2D eigenvalue weighted by Gasteiger charge is -2.23. The molecular weight excluding hydrogens is 308 g/mol. The molecule has 0 heterocycles. The summed E-state index contributed by atoms with van der Waals surface area (Å²) in [5.41, 5.74) is 6.60. The molecule has 1 unspecified atom stereocenters. The zero-order chi connectivity index (χ0) is 14.4. The lowest BCUT2D eigenvalue weighted by atomic mass is 10.2. The molecule has 0 saturated carbocycles. The number of nitrogens with two attached hydrogens (primary N) is 1. The number of ether oxygens (including phenoxy) is 1. The number of nitrogens with zero attached hydrogens (tertiary/aromatic N) is 1. The average Bonchev–Trinajstić information content (AvgIpc) is 2.42. The molecule has 0 aromatic heterocycles. The summed E-state index contributed by atoms with van der Waals surface area (Å²) in [6.07, 6.45) is -0.494. The van der Waals surface area contributed by atoms with Gasteiger partial charge in [-0.25, -0.2) is 0 Å². The smallest absolute Gasteiger partial charge is 0.263 e. The number of likely N-dealkylation sites (N-methyl/N-ethyl adjacent to an activating group) is 1. The standard InChI is InChI=1S/C14H21BrN2O2/c1-4-17(5-2)14(18)10(3)19-12-6-7-13(15)11(8-12)9-16/h6-8,10H,4-5,9,16H2,1-3H3. The van der Waals surface area contributed by atoms with Gasteiger partial charge in [-0.3, -0.25) is 4.79 Å². The summed E-state index contributed by atoms with van der Waals surface area (Å²) in [6.45, 7) is 7.50. The summed E-state index contributed by atoms with van der Waals surface area (Å²) in [5, 5.41) is 0. The minimum atomic E-state index is -0.494. The summed E-state index contributed by atoms with van der Waals surface area (Å²) < 4.78 is 6.64. The Bertz CT molecular complexity index is 433. The van der Waals surface area contributed by atoms with Crippen LogP contribution in [0, 0.1) is 0 Å². The molecule has 0 aliphatic heterocycles. The highest BCUT2D eigenvalue weighted by Crippen LogP contribution is 2.23. The fraction of sp³-hybridized carbons (Fsp3) is 0.500. The predicted octanol–water partition coefficient (Wildman–Crippen LogP) is 2.54. The third kappa shape index (κ3) is 4.21. The average molecular weight is 329 g/mol. The van der Waals surface area contributed by atoms with Crippen LogP contribution in [0.2, 0.25) is 0 Å². The Morgan fingerprint density at radius 2 is 2.05 bits per heavy atom. The molecule has 1 aromatic rings. The molecule has 0 bridgehead atoms. The van der Waals surface area contributed by atoms with Crippen LogP contribution in [0.3, 0.4) is 0 Å². The lowest BCUT2D eigenvalue weighted by Crippen LogP contribution is -2.40. The van der Waals surface area contributed by atoms with E-state index < -0.39 is 6.10 Å². The van der Waals surface area contributed by atoms with E-state index in [0.29, 0.717) is 25.4 Å². The van der Waals surface area contributed by atoms with Gasteiger partial charge in [0.2, 0.25) is 0 Å². The Balaban J connectivity index is 2.76. The topological polar surface area (TPSA) is 55.6 Å². The monoisotopic (exact) mass is 328 g/mol. The van der Waals surface area contributed by atoms with E-state index in [9.17, 15) is 4.79 Å². The van der Waals surface area contributed by atoms with Gasteiger partial charge in [0.05, 0.1) is 0 Å². The van der Waals surface area contributed by atoms with Crippen LogP contribution in [0.1, 0.15) is 26.3 Å². The van der Waals surface area contributed by atoms with Gasteiger partial charge in [-0.2, -0.15) is 0 Å². The number of halogens is 1. The summed E-state index contributed by atoms with van der Waals surface area (Å²) in [7, 11) is 0. The van der Waals surface area contributed by atoms with Crippen molar-refractivity contribution in [2.24, 2.45) is 5.73 Å². The van der Waals surface area contributed by atoms with Gasteiger partial charge >= 0.3 is 0 Å². The molecule has 1 atom stereocenters. The van der Waals surface area contributed by atoms with Crippen molar-refractivity contribution in [1.82, 2.24) is 4.90 Å². The first kappa shape index (κ1) is 16.0. The SMILES string of the molecule is CCN(CC)C(=O)C(C)Oc1ccc(Br)c(CN)c1. The van der Waals surface area contributed by atoms with E-state index in [1.165, 1.54) is 0 Å². The largest absolute Gasteiger partial charge is 0.481 e. The number of carbonyl (C=O) groups excluding carboxylic acids is 1. The molecule has 106 valence electrons. The highest BCUT2D eigenvalue weighted by atomic mass is 79.9. The number of amides is 1. The molecule has 0 fully saturated rings. The van der Waals surface area contributed by atoms with Crippen molar-refractivity contribution in [2.45, 2.75) is 33.4 Å². The molecule has 1 amide bonds. The number of carbonyl (C=O) groups is 1. The molecule has 0 aliphatic rings. The van der Waals surface area contributed by atoms with Gasteiger partial charge in [0, 0.05) is 24.1 Å². The van der Waals surface area contributed by atoms with Gasteiger partial charge in [0.25, 0.3) is 5.91 Å². The number of benzene rings is 1. The van der Waals surface area contributed by atoms with Crippen molar-refractivity contribution < 1.29 is 9.53 Å². The van der Waals surface area contributed by atoms with Crippen molar-refractivity contribution in [3.8, 4) is 5.75 Å². The third-order valence-corrected chi connectivity index (χ3v) is 3.75. The second-order valence-electron chi connectivity index (χ2n) is 4.23. The molecule has 0 radical (unpaired) electrons. The molecule has 19 heavy (non-hydrogen) atoms. The number of rotatable bonds is 6. The first-order valence-corrected chi connectivity index (χ1v) is 7.26. The lowest BCUT2D eigenvalue weighted by molar-refractivity contribution is -0.137. The molecule has 0 saturated heterocycles. The van der Waals surface area contributed by atoms with Crippen LogP contribution in [-0.4, -0.2) is 30.0 Å². The summed E-state index contributed by atoms with van der Waals surface area (Å²) >= 11 is 3.42. The molecule has 4 nitrogen and oxygen atoms in total. The first-order chi connectivity index (χ1) is 9.03. The van der Waals surface area contributed by atoms with Crippen LogP contribution >= 0.6 is 15.9 Å². The van der Waals surface area contributed by atoms with E-state index in [4.69, 9.17) is 10.5 Å². The van der Waals surface area contributed by atoms with E-state index >= 15 is 0 Å². The van der Waals surface area contributed by atoms with Crippen molar-refractivity contribution >= 4 is 21.8 Å². The highest BCUT2D eigenvalue weighted by molar-refractivity contribution is 9.10. The van der Waals surface area contributed by atoms with Gasteiger partial charge in [-0.05, 0) is 44.5 Å². The Hall–Kier alpha value is -1.07. The van der Waals surface area contributed by atoms with Crippen LogP contribution in [-0.2, 0) is 11.3 Å². The van der Waals surface area contributed by atoms with E-state index in [0.717, 1.165) is 10.0 Å². The maximum atomic E-state index is 12.1. The summed E-state index contributed by atoms with van der Waals surface area (Å²) in [5.74, 6) is 0.666. The first-order valence-electron chi connectivity index (χ1n) is 6.47. The Labute approximate surface area is 123 Å². The number of hydrogen-bond donors (Lipinski definition) is 1. The Morgan fingerprint density at radius 1 is 1.42 bits per heavy atom. The van der Waals surface area contributed by atoms with E-state index in [-0.39, 0.29) is 5.91 Å². The third-order valence-electron chi connectivity index (χ3n) is 2.97. The zero-order valence-electron chi connectivity index (χ0n) is 11.6. The van der Waals surface area contributed by atoms with Crippen molar-refractivity contribution in [3.05, 3.63) is 28.2 Å². The van der Waals surface area contributed by atoms with Crippen molar-refractivity contribution in [1.29, 1.82) is 0 Å². The van der Waals surface area contributed by atoms with Crippen LogP contribution < -0.4 is 10.5 Å². The molecule has 1 rings (SSSR count). The fourth-order valence-corrected chi connectivity index (χ4v) is 2.24. The Morgan fingerprint density at radius 3 is 2.58 bits per heavy atom. The summed E-state index contributed by atoms with van der Waals surface area (Å²) in [6, 6.07) is 5.57. The Kier molecular flexibility index (Phi) is 6.31. The van der Waals surface area contributed by atoms with Crippen LogP contribution in [0.5, 0.6) is 5.75 Å². The molecule has 2 N–H and O–H groups in total. The van der Waals surface area contributed by atoms with Crippen LogP contribution in [0.4, 0.5) is 0 Å². The predicted molar refractivity (Wildman–Crippen MR) is 80.1 cm³/mol. The van der Waals surface area contributed by atoms with Gasteiger partial charge in [0.15, 0.2) is 6.10 Å². The normalized spacial score (nSPS) is 12.1. The van der Waals surface area contributed by atoms with E-state index in [1.54, 1.807) is 11.8 Å². The molecular formula is C14H21BrN2O2. The van der Waals surface area contributed by atoms with Crippen molar-refractivity contribution in [3.63, 3.8) is 0 Å². The maximum absolute atomic E-state index is 12.1. The maximum Gasteiger partial charge on any atom is 0.263 e.